The predicted octanol–water partition coefficient (Wildman–Crippen LogP) is 1.93. The lowest BCUT2D eigenvalue weighted by molar-refractivity contribution is -0.115. The minimum Gasteiger partial charge on any atom is -0.361 e. The van der Waals surface area contributed by atoms with E-state index in [0.29, 0.717) is 23.2 Å². The van der Waals surface area contributed by atoms with E-state index in [1.807, 2.05) is 32.8 Å². The zero-order valence-electron chi connectivity index (χ0n) is 15.2. The highest BCUT2D eigenvalue weighted by Crippen LogP contribution is 2.25. The Balaban J connectivity index is 1.78. The predicted molar refractivity (Wildman–Crippen MR) is 96.1 cm³/mol. The lowest BCUT2D eigenvalue weighted by Gasteiger charge is -2.21. The minimum absolute atomic E-state index is 0.143. The highest BCUT2D eigenvalue weighted by molar-refractivity contribution is 5.95. The summed E-state index contributed by atoms with van der Waals surface area (Å²) < 4.78 is 5.11. The number of carbonyl (C=O) groups is 1. The standard InChI is InChI=1S/C17H24N6O2/c1-11-13(12(2)25-21-11)9-15(24)19-14-10-18-17(20-16(14)22(3)4)23-7-5-6-8-23/h10H,5-9H2,1-4H3,(H,19,24). The summed E-state index contributed by atoms with van der Waals surface area (Å²) in [5, 5.41) is 6.79. The van der Waals surface area contributed by atoms with Crippen molar-refractivity contribution in [2.45, 2.75) is 33.1 Å². The molecule has 1 N–H and O–H groups in total. The van der Waals surface area contributed by atoms with Crippen LogP contribution in [0.25, 0.3) is 0 Å². The molecule has 1 fully saturated rings. The summed E-state index contributed by atoms with van der Waals surface area (Å²) in [5.41, 5.74) is 2.16. The maximum absolute atomic E-state index is 12.4. The number of nitrogens with zero attached hydrogens (tertiary/aromatic N) is 5. The van der Waals surface area contributed by atoms with Crippen molar-refractivity contribution in [3.8, 4) is 0 Å². The number of carbonyl (C=O) groups excluding carboxylic acids is 1. The SMILES string of the molecule is Cc1noc(C)c1CC(=O)Nc1cnc(N2CCCC2)nc1N(C)C. The van der Waals surface area contributed by atoms with Gasteiger partial charge in [-0.05, 0) is 26.7 Å². The second kappa shape index (κ2) is 7.08. The van der Waals surface area contributed by atoms with E-state index >= 15 is 0 Å². The first-order chi connectivity index (χ1) is 12.0. The summed E-state index contributed by atoms with van der Waals surface area (Å²) >= 11 is 0. The van der Waals surface area contributed by atoms with Crippen LogP contribution in [0.4, 0.5) is 17.5 Å². The van der Waals surface area contributed by atoms with Gasteiger partial charge in [0.25, 0.3) is 0 Å². The van der Waals surface area contributed by atoms with Gasteiger partial charge in [0.1, 0.15) is 11.4 Å². The van der Waals surface area contributed by atoms with Crippen molar-refractivity contribution in [3.05, 3.63) is 23.2 Å². The summed E-state index contributed by atoms with van der Waals surface area (Å²) in [5.74, 6) is 1.94. The molecule has 0 bridgehead atoms. The van der Waals surface area contributed by atoms with Crippen LogP contribution in [0.2, 0.25) is 0 Å². The van der Waals surface area contributed by atoms with Crippen molar-refractivity contribution in [3.63, 3.8) is 0 Å². The van der Waals surface area contributed by atoms with Crippen molar-refractivity contribution in [1.29, 1.82) is 0 Å². The highest BCUT2D eigenvalue weighted by atomic mass is 16.5. The molecule has 3 rings (SSSR count). The fourth-order valence-corrected chi connectivity index (χ4v) is 2.97. The number of aryl methyl sites for hydroxylation is 2. The second-order valence-electron chi connectivity index (χ2n) is 6.52. The molecule has 1 aliphatic heterocycles. The van der Waals surface area contributed by atoms with E-state index < -0.39 is 0 Å². The number of amides is 1. The average molecular weight is 344 g/mol. The van der Waals surface area contributed by atoms with Crippen LogP contribution in [0.5, 0.6) is 0 Å². The fraction of sp³-hybridized carbons (Fsp3) is 0.529. The molecule has 0 aliphatic carbocycles. The molecule has 1 amide bonds. The van der Waals surface area contributed by atoms with Crippen LogP contribution in [-0.2, 0) is 11.2 Å². The molecule has 0 unspecified atom stereocenters. The van der Waals surface area contributed by atoms with Gasteiger partial charge in [-0.2, -0.15) is 4.98 Å². The second-order valence-corrected chi connectivity index (χ2v) is 6.52. The zero-order chi connectivity index (χ0) is 18.0. The third kappa shape index (κ3) is 3.72. The molecule has 2 aromatic rings. The Morgan fingerprint density at radius 1 is 1.32 bits per heavy atom. The molecule has 1 aliphatic rings. The normalized spacial score (nSPS) is 14.0. The van der Waals surface area contributed by atoms with E-state index in [-0.39, 0.29) is 12.3 Å². The Labute approximate surface area is 147 Å². The molecular formula is C17H24N6O2. The maximum Gasteiger partial charge on any atom is 0.229 e. The third-order valence-corrected chi connectivity index (χ3v) is 4.36. The van der Waals surface area contributed by atoms with Crippen molar-refractivity contribution < 1.29 is 9.32 Å². The van der Waals surface area contributed by atoms with Gasteiger partial charge in [0, 0.05) is 32.7 Å². The summed E-state index contributed by atoms with van der Waals surface area (Å²) in [6, 6.07) is 0. The lowest BCUT2D eigenvalue weighted by atomic mass is 10.1. The van der Waals surface area contributed by atoms with E-state index in [2.05, 4.69) is 25.3 Å². The van der Waals surface area contributed by atoms with Gasteiger partial charge in [0.15, 0.2) is 5.82 Å². The first-order valence-corrected chi connectivity index (χ1v) is 8.46. The molecule has 134 valence electrons. The number of anilines is 3. The Morgan fingerprint density at radius 2 is 2.04 bits per heavy atom. The van der Waals surface area contributed by atoms with Crippen LogP contribution in [0, 0.1) is 13.8 Å². The van der Waals surface area contributed by atoms with Gasteiger partial charge < -0.3 is 19.6 Å². The van der Waals surface area contributed by atoms with Crippen LogP contribution in [0.15, 0.2) is 10.7 Å². The van der Waals surface area contributed by atoms with Crippen LogP contribution < -0.4 is 15.1 Å². The first-order valence-electron chi connectivity index (χ1n) is 8.46. The summed E-state index contributed by atoms with van der Waals surface area (Å²) in [6.07, 6.45) is 4.22. The largest absolute Gasteiger partial charge is 0.361 e. The monoisotopic (exact) mass is 344 g/mol. The molecule has 0 aromatic carbocycles. The fourth-order valence-electron chi connectivity index (χ4n) is 2.97. The van der Waals surface area contributed by atoms with E-state index in [4.69, 9.17) is 4.52 Å². The molecular weight excluding hydrogens is 320 g/mol. The number of hydrogen-bond acceptors (Lipinski definition) is 7. The maximum atomic E-state index is 12.4. The number of hydrogen-bond donors (Lipinski definition) is 1. The number of rotatable bonds is 5. The molecule has 25 heavy (non-hydrogen) atoms. The minimum atomic E-state index is -0.143. The Kier molecular flexibility index (Phi) is 4.87. The van der Waals surface area contributed by atoms with Crippen molar-refractivity contribution in [2.24, 2.45) is 0 Å². The summed E-state index contributed by atoms with van der Waals surface area (Å²) in [6.45, 7) is 5.59. The van der Waals surface area contributed by atoms with Gasteiger partial charge in [-0.3, -0.25) is 4.79 Å². The zero-order valence-corrected chi connectivity index (χ0v) is 15.2. The number of nitrogens with one attached hydrogen (secondary N) is 1. The Morgan fingerprint density at radius 3 is 2.64 bits per heavy atom. The topological polar surface area (TPSA) is 87.4 Å². The van der Waals surface area contributed by atoms with Crippen LogP contribution in [0.3, 0.4) is 0 Å². The van der Waals surface area contributed by atoms with Gasteiger partial charge in [0.2, 0.25) is 11.9 Å². The molecule has 1 saturated heterocycles. The van der Waals surface area contributed by atoms with Crippen LogP contribution in [0.1, 0.15) is 29.9 Å². The van der Waals surface area contributed by atoms with Crippen molar-refractivity contribution >= 4 is 23.4 Å². The highest BCUT2D eigenvalue weighted by Gasteiger charge is 2.19. The Bertz CT molecular complexity index is 745. The van der Waals surface area contributed by atoms with Crippen LogP contribution >= 0.6 is 0 Å². The van der Waals surface area contributed by atoms with Gasteiger partial charge in [-0.1, -0.05) is 5.16 Å². The van der Waals surface area contributed by atoms with Gasteiger partial charge >= 0.3 is 0 Å². The molecule has 3 heterocycles. The summed E-state index contributed by atoms with van der Waals surface area (Å²) in [4.78, 5) is 25.6. The van der Waals surface area contributed by atoms with Gasteiger partial charge in [0.05, 0.1) is 18.3 Å². The molecule has 8 nitrogen and oxygen atoms in total. The molecule has 0 spiro atoms. The molecule has 0 atom stereocenters. The van der Waals surface area contributed by atoms with Crippen LogP contribution in [-0.4, -0.2) is 48.2 Å². The molecule has 2 aromatic heterocycles. The average Bonchev–Trinajstić information content (AvgIpc) is 3.21. The van der Waals surface area contributed by atoms with Crippen molar-refractivity contribution in [2.75, 3.05) is 42.3 Å². The lowest BCUT2D eigenvalue weighted by Crippen LogP contribution is -2.24. The molecule has 8 heteroatoms. The van der Waals surface area contributed by atoms with Gasteiger partial charge in [-0.25, -0.2) is 4.98 Å². The van der Waals surface area contributed by atoms with E-state index in [1.54, 1.807) is 6.20 Å². The smallest absolute Gasteiger partial charge is 0.229 e. The number of aromatic nitrogens is 3. The third-order valence-electron chi connectivity index (χ3n) is 4.36. The Hall–Kier alpha value is -2.64. The van der Waals surface area contributed by atoms with E-state index in [9.17, 15) is 4.79 Å². The quantitative estimate of drug-likeness (QED) is 0.886. The van der Waals surface area contributed by atoms with E-state index in [1.165, 1.54) is 0 Å². The van der Waals surface area contributed by atoms with E-state index in [0.717, 1.165) is 37.2 Å². The molecule has 0 saturated carbocycles. The summed E-state index contributed by atoms with van der Waals surface area (Å²) in [7, 11) is 3.81. The molecule has 0 radical (unpaired) electrons. The van der Waals surface area contributed by atoms with Gasteiger partial charge in [-0.15, -0.1) is 0 Å². The first kappa shape index (κ1) is 17.2. The van der Waals surface area contributed by atoms with Crippen molar-refractivity contribution in [1.82, 2.24) is 15.1 Å².